The van der Waals surface area contributed by atoms with E-state index in [1.165, 1.54) is 35.5 Å². The van der Waals surface area contributed by atoms with Crippen molar-refractivity contribution in [1.82, 2.24) is 4.57 Å². The van der Waals surface area contributed by atoms with Crippen LogP contribution in [-0.2, 0) is 19.7 Å². The number of fused-ring (bicyclic) bond motifs is 1. The van der Waals surface area contributed by atoms with Crippen LogP contribution in [0.2, 0.25) is 0 Å². The minimum Gasteiger partial charge on any atom is -0.493 e. The number of methoxy groups -OCH3 is 1. The van der Waals surface area contributed by atoms with Crippen molar-refractivity contribution < 1.29 is 23.8 Å². The van der Waals surface area contributed by atoms with Crippen LogP contribution in [-0.4, -0.2) is 30.2 Å². The van der Waals surface area contributed by atoms with E-state index in [2.05, 4.69) is 37.9 Å². The molecular weight excluding hydrogens is 516 g/mol. The van der Waals surface area contributed by atoms with Crippen molar-refractivity contribution in [3.8, 4) is 11.5 Å². The van der Waals surface area contributed by atoms with Gasteiger partial charge in [0.05, 0.1) is 35.6 Å². The van der Waals surface area contributed by atoms with Crippen molar-refractivity contribution in [2.24, 2.45) is 4.99 Å². The molecule has 0 N–H and O–H groups in total. The predicted octanol–water partition coefficient (Wildman–Crippen LogP) is 4.03. The molecule has 0 spiro atoms. The topological polar surface area (TPSA) is 96.2 Å². The minimum atomic E-state index is -0.814. The van der Waals surface area contributed by atoms with Gasteiger partial charge < -0.3 is 14.2 Å². The number of esters is 2. The number of nitrogens with zero attached hydrogens (tertiary/aromatic N) is 2. The predicted molar refractivity (Wildman–Crippen MR) is 150 cm³/mol. The molecule has 39 heavy (non-hydrogen) atoms. The van der Waals surface area contributed by atoms with Crippen molar-refractivity contribution in [1.29, 1.82) is 0 Å². The van der Waals surface area contributed by atoms with Gasteiger partial charge in [-0.1, -0.05) is 62.4 Å². The molecule has 0 fully saturated rings. The summed E-state index contributed by atoms with van der Waals surface area (Å²) in [5.41, 5.74) is 3.13. The van der Waals surface area contributed by atoms with E-state index in [4.69, 9.17) is 14.2 Å². The van der Waals surface area contributed by atoms with Crippen molar-refractivity contribution >= 4 is 29.4 Å². The molecule has 0 bridgehead atoms. The van der Waals surface area contributed by atoms with Gasteiger partial charge in [-0.15, -0.1) is 0 Å². The van der Waals surface area contributed by atoms with Crippen molar-refractivity contribution in [3.05, 3.63) is 90.1 Å². The van der Waals surface area contributed by atoms with Gasteiger partial charge in [-0.3, -0.25) is 14.2 Å². The Balaban J connectivity index is 1.90. The van der Waals surface area contributed by atoms with E-state index in [1.54, 1.807) is 32.0 Å². The monoisotopic (exact) mass is 548 g/mol. The summed E-state index contributed by atoms with van der Waals surface area (Å²) in [7, 11) is 1.45. The lowest BCUT2D eigenvalue weighted by Crippen LogP contribution is -2.40. The average molecular weight is 549 g/mol. The molecule has 9 heteroatoms. The normalized spacial score (nSPS) is 15.5. The molecule has 3 aromatic rings. The summed E-state index contributed by atoms with van der Waals surface area (Å²) >= 11 is 1.26. The fraction of sp³-hybridized carbons (Fsp3) is 0.333. The van der Waals surface area contributed by atoms with E-state index in [0.29, 0.717) is 26.3 Å². The highest BCUT2D eigenvalue weighted by atomic mass is 32.1. The van der Waals surface area contributed by atoms with E-state index in [-0.39, 0.29) is 28.9 Å². The van der Waals surface area contributed by atoms with Crippen LogP contribution < -0.4 is 24.4 Å². The molecule has 0 saturated carbocycles. The fourth-order valence-electron chi connectivity index (χ4n) is 4.43. The number of ether oxygens (including phenoxy) is 3. The summed E-state index contributed by atoms with van der Waals surface area (Å²) in [4.78, 5) is 43.6. The Morgan fingerprint density at radius 1 is 1.10 bits per heavy atom. The molecule has 0 saturated heterocycles. The molecule has 1 atom stereocenters. The average Bonchev–Trinajstić information content (AvgIpc) is 3.17. The van der Waals surface area contributed by atoms with Crippen molar-refractivity contribution in [2.45, 2.75) is 53.0 Å². The number of allylic oxidation sites excluding steroid dienone is 1. The van der Waals surface area contributed by atoms with Gasteiger partial charge in [0.25, 0.3) is 5.56 Å². The molecule has 0 aliphatic carbocycles. The van der Waals surface area contributed by atoms with Crippen LogP contribution in [0.25, 0.3) is 6.08 Å². The Labute approximate surface area is 230 Å². The van der Waals surface area contributed by atoms with E-state index in [0.717, 1.165) is 5.56 Å². The Morgan fingerprint density at radius 3 is 2.38 bits per heavy atom. The quantitative estimate of drug-likeness (QED) is 0.341. The summed E-state index contributed by atoms with van der Waals surface area (Å²) < 4.78 is 18.1. The zero-order chi connectivity index (χ0) is 28.5. The highest BCUT2D eigenvalue weighted by molar-refractivity contribution is 7.07. The molecular formula is C30H32N2O6S. The Bertz CT molecular complexity index is 1640. The molecule has 0 amide bonds. The largest absolute Gasteiger partial charge is 0.493 e. The maximum absolute atomic E-state index is 13.8. The van der Waals surface area contributed by atoms with Gasteiger partial charge >= 0.3 is 11.9 Å². The Hall–Kier alpha value is -3.98. The molecule has 0 radical (unpaired) electrons. The summed E-state index contributed by atoms with van der Waals surface area (Å²) in [6.45, 7) is 11.4. The smallest absolute Gasteiger partial charge is 0.338 e. The zero-order valence-electron chi connectivity index (χ0n) is 23.2. The highest BCUT2D eigenvalue weighted by Crippen LogP contribution is 2.36. The lowest BCUT2D eigenvalue weighted by molar-refractivity contribution is -0.139. The van der Waals surface area contributed by atoms with Crippen LogP contribution in [0.1, 0.15) is 64.3 Å². The molecule has 8 nitrogen and oxygen atoms in total. The zero-order valence-corrected chi connectivity index (χ0v) is 24.0. The highest BCUT2D eigenvalue weighted by Gasteiger charge is 2.34. The van der Waals surface area contributed by atoms with E-state index in [9.17, 15) is 14.4 Å². The third kappa shape index (κ3) is 5.73. The number of hydrogen-bond donors (Lipinski definition) is 0. The maximum Gasteiger partial charge on any atom is 0.338 e. The molecule has 204 valence electrons. The van der Waals surface area contributed by atoms with Gasteiger partial charge in [-0.25, -0.2) is 9.79 Å². The molecule has 1 unspecified atom stereocenters. The first kappa shape index (κ1) is 28.0. The van der Waals surface area contributed by atoms with Crippen LogP contribution in [0.15, 0.2) is 63.5 Å². The number of hydrogen-bond acceptors (Lipinski definition) is 8. The maximum atomic E-state index is 13.8. The number of carbonyl (C=O) groups is 2. The molecule has 2 aromatic carbocycles. The molecule has 2 heterocycles. The summed E-state index contributed by atoms with van der Waals surface area (Å²) in [6.07, 6.45) is 1.83. The van der Waals surface area contributed by atoms with Gasteiger partial charge in [0.2, 0.25) is 0 Å². The number of carbonyl (C=O) groups excluding carboxylic acids is 2. The van der Waals surface area contributed by atoms with E-state index in [1.807, 2.05) is 18.2 Å². The minimum absolute atomic E-state index is 0.0188. The lowest BCUT2D eigenvalue weighted by atomic mass is 9.87. The second-order valence-electron chi connectivity index (χ2n) is 10.2. The van der Waals surface area contributed by atoms with Gasteiger partial charge in [-0.05, 0) is 54.2 Å². The lowest BCUT2D eigenvalue weighted by Gasteiger charge is -2.25. The first-order chi connectivity index (χ1) is 18.4. The summed E-state index contributed by atoms with van der Waals surface area (Å²) in [5.74, 6) is -0.522. The van der Waals surface area contributed by atoms with Gasteiger partial charge in [0.15, 0.2) is 16.3 Å². The van der Waals surface area contributed by atoms with Gasteiger partial charge in [-0.2, -0.15) is 0 Å². The van der Waals surface area contributed by atoms with E-state index >= 15 is 0 Å². The third-order valence-electron chi connectivity index (χ3n) is 6.35. The molecule has 1 aliphatic heterocycles. The van der Waals surface area contributed by atoms with Gasteiger partial charge in [0, 0.05) is 6.92 Å². The number of aromatic nitrogens is 1. The van der Waals surface area contributed by atoms with Crippen molar-refractivity contribution in [2.75, 3.05) is 13.7 Å². The summed E-state index contributed by atoms with van der Waals surface area (Å²) in [6, 6.07) is 12.2. The fourth-order valence-corrected chi connectivity index (χ4v) is 5.48. The Kier molecular flexibility index (Phi) is 7.92. The second-order valence-corrected chi connectivity index (χ2v) is 11.2. The first-order valence-electron chi connectivity index (χ1n) is 12.6. The van der Waals surface area contributed by atoms with Crippen molar-refractivity contribution in [3.63, 3.8) is 0 Å². The van der Waals surface area contributed by atoms with Crippen LogP contribution in [0.3, 0.4) is 0 Å². The third-order valence-corrected chi connectivity index (χ3v) is 7.33. The second kappa shape index (κ2) is 11.0. The van der Waals surface area contributed by atoms with Crippen LogP contribution in [0.5, 0.6) is 11.5 Å². The van der Waals surface area contributed by atoms with Crippen LogP contribution >= 0.6 is 11.3 Å². The molecule has 1 aliphatic rings. The Morgan fingerprint density at radius 2 is 1.79 bits per heavy atom. The number of benzene rings is 2. The SMILES string of the molecule is CCOC(=O)C1=C(C)N=c2s/c(=C/c3ccc(C(C)(C)C)cc3)c(=O)n2C1c1ccc(OC(C)=O)c(OC)c1. The first-order valence-corrected chi connectivity index (χ1v) is 13.4. The molecule has 4 rings (SSSR count). The number of rotatable bonds is 6. The number of thiazole rings is 1. The van der Waals surface area contributed by atoms with Crippen LogP contribution in [0.4, 0.5) is 0 Å². The molecule has 1 aromatic heterocycles. The van der Waals surface area contributed by atoms with Gasteiger partial charge in [0.1, 0.15) is 0 Å². The van der Waals surface area contributed by atoms with E-state index < -0.39 is 18.0 Å². The standard InChI is InChI=1S/C30H32N2O6S/c1-8-37-28(35)25-17(2)31-29-32(26(25)20-11-14-22(38-18(3)33)23(16-20)36-7)27(34)24(39-29)15-19-9-12-21(13-10-19)30(4,5)6/h9-16,26H,8H2,1-7H3/b24-15+. The van der Waals surface area contributed by atoms with Crippen LogP contribution in [0, 0.1) is 0 Å². The summed E-state index contributed by atoms with van der Waals surface area (Å²) in [5, 5.41) is 0.